The van der Waals surface area contributed by atoms with Gasteiger partial charge in [0.1, 0.15) is 12.4 Å². The number of aryl methyl sites for hydroxylation is 1. The number of amides is 1. The van der Waals surface area contributed by atoms with Crippen LogP contribution < -0.4 is 15.6 Å². The van der Waals surface area contributed by atoms with Crippen LogP contribution in [0.5, 0.6) is 5.75 Å². The van der Waals surface area contributed by atoms with E-state index in [0.29, 0.717) is 22.1 Å². The van der Waals surface area contributed by atoms with Crippen LogP contribution >= 0.6 is 11.3 Å². The second-order valence-corrected chi connectivity index (χ2v) is 8.01. The van der Waals surface area contributed by atoms with Gasteiger partial charge in [0.25, 0.3) is 5.56 Å². The molecule has 26 heavy (non-hydrogen) atoms. The summed E-state index contributed by atoms with van der Waals surface area (Å²) in [5, 5.41) is 4.72. The van der Waals surface area contributed by atoms with E-state index in [2.05, 4.69) is 10.3 Å². The molecule has 1 aromatic carbocycles. The number of aromatic nitrogens is 2. The van der Waals surface area contributed by atoms with Gasteiger partial charge in [0.15, 0.2) is 4.96 Å². The van der Waals surface area contributed by atoms with E-state index in [1.54, 1.807) is 6.20 Å². The topological polar surface area (TPSA) is 72.7 Å². The maximum absolute atomic E-state index is 12.3. The van der Waals surface area contributed by atoms with Crippen molar-refractivity contribution in [2.45, 2.75) is 34.3 Å². The molecule has 2 aromatic heterocycles. The van der Waals surface area contributed by atoms with Crippen molar-refractivity contribution >= 4 is 27.9 Å². The van der Waals surface area contributed by atoms with Gasteiger partial charge in [-0.25, -0.2) is 4.98 Å². The number of anilines is 1. The van der Waals surface area contributed by atoms with Gasteiger partial charge in [0, 0.05) is 23.1 Å². The standard InChI is InChI=1S/C19H21N3O3S/c1-12-5-6-14(21-17(24)19(2,3)4)15(9-12)25-11-13-10-16(23)22-7-8-26-18(22)20-13/h5-10H,11H2,1-4H3,(H,21,24). The zero-order valence-corrected chi connectivity index (χ0v) is 16.0. The van der Waals surface area contributed by atoms with E-state index in [-0.39, 0.29) is 18.1 Å². The summed E-state index contributed by atoms with van der Waals surface area (Å²) in [6.07, 6.45) is 1.70. The molecule has 0 aliphatic heterocycles. The van der Waals surface area contributed by atoms with Gasteiger partial charge in [-0.05, 0) is 24.6 Å². The van der Waals surface area contributed by atoms with Gasteiger partial charge in [-0.1, -0.05) is 26.8 Å². The molecule has 1 N–H and O–H groups in total. The van der Waals surface area contributed by atoms with Crippen LogP contribution in [0.15, 0.2) is 40.6 Å². The first-order chi connectivity index (χ1) is 12.2. The largest absolute Gasteiger partial charge is 0.485 e. The Bertz CT molecular complexity index is 1010. The lowest BCUT2D eigenvalue weighted by Crippen LogP contribution is -2.27. The minimum Gasteiger partial charge on any atom is -0.485 e. The van der Waals surface area contributed by atoms with Crippen LogP contribution in [0.4, 0.5) is 5.69 Å². The summed E-state index contributed by atoms with van der Waals surface area (Å²) in [5.41, 5.74) is 1.51. The molecule has 0 aliphatic carbocycles. The van der Waals surface area contributed by atoms with Gasteiger partial charge in [-0.15, -0.1) is 11.3 Å². The summed E-state index contributed by atoms with van der Waals surface area (Å²) in [7, 11) is 0. The summed E-state index contributed by atoms with van der Waals surface area (Å²) in [6, 6.07) is 7.05. The van der Waals surface area contributed by atoms with E-state index in [4.69, 9.17) is 4.74 Å². The van der Waals surface area contributed by atoms with Crippen molar-refractivity contribution < 1.29 is 9.53 Å². The highest BCUT2D eigenvalue weighted by atomic mass is 32.1. The molecule has 2 heterocycles. The lowest BCUT2D eigenvalue weighted by atomic mass is 9.95. The minimum atomic E-state index is -0.511. The van der Waals surface area contributed by atoms with Crippen LogP contribution in [0.1, 0.15) is 32.0 Å². The average Bonchev–Trinajstić information content (AvgIpc) is 3.03. The monoisotopic (exact) mass is 371 g/mol. The third-order valence-corrected chi connectivity index (χ3v) is 4.55. The number of hydrogen-bond donors (Lipinski definition) is 1. The van der Waals surface area contributed by atoms with Crippen LogP contribution in [-0.2, 0) is 11.4 Å². The Morgan fingerprint density at radius 3 is 2.81 bits per heavy atom. The van der Waals surface area contributed by atoms with E-state index < -0.39 is 5.41 Å². The first-order valence-electron chi connectivity index (χ1n) is 8.25. The van der Waals surface area contributed by atoms with Crippen molar-refractivity contribution in [2.24, 2.45) is 5.41 Å². The molecular weight excluding hydrogens is 350 g/mol. The molecule has 3 aromatic rings. The number of nitrogens with zero attached hydrogens (tertiary/aromatic N) is 2. The van der Waals surface area contributed by atoms with E-state index in [1.807, 2.05) is 51.3 Å². The quantitative estimate of drug-likeness (QED) is 0.760. The number of fused-ring (bicyclic) bond motifs is 1. The lowest BCUT2D eigenvalue weighted by Gasteiger charge is -2.19. The van der Waals surface area contributed by atoms with Crippen LogP contribution in [0.25, 0.3) is 4.96 Å². The molecule has 0 saturated carbocycles. The predicted molar refractivity (Wildman–Crippen MR) is 103 cm³/mol. The summed E-state index contributed by atoms with van der Waals surface area (Å²) in [5.74, 6) is 0.457. The number of carbonyl (C=O) groups excluding carboxylic acids is 1. The number of nitrogens with one attached hydrogen (secondary N) is 1. The lowest BCUT2D eigenvalue weighted by molar-refractivity contribution is -0.123. The molecule has 6 nitrogen and oxygen atoms in total. The maximum Gasteiger partial charge on any atom is 0.258 e. The number of hydrogen-bond acceptors (Lipinski definition) is 5. The summed E-state index contributed by atoms with van der Waals surface area (Å²) in [4.78, 5) is 29.4. The Hall–Kier alpha value is -2.67. The fourth-order valence-electron chi connectivity index (χ4n) is 2.28. The summed E-state index contributed by atoms with van der Waals surface area (Å²) >= 11 is 1.39. The van der Waals surface area contributed by atoms with Gasteiger partial charge < -0.3 is 10.1 Å². The Kier molecular flexibility index (Phi) is 4.82. The number of rotatable bonds is 4. The third kappa shape index (κ3) is 3.94. The van der Waals surface area contributed by atoms with Gasteiger partial charge in [0.05, 0.1) is 11.4 Å². The van der Waals surface area contributed by atoms with Crippen LogP contribution in [-0.4, -0.2) is 15.3 Å². The zero-order chi connectivity index (χ0) is 18.9. The highest BCUT2D eigenvalue weighted by molar-refractivity contribution is 7.15. The first kappa shape index (κ1) is 18.1. The van der Waals surface area contributed by atoms with Crippen LogP contribution in [0, 0.1) is 12.3 Å². The molecule has 1 amide bonds. The van der Waals surface area contributed by atoms with Crippen molar-refractivity contribution in [1.29, 1.82) is 0 Å². The second-order valence-electron chi connectivity index (χ2n) is 7.13. The van der Waals surface area contributed by atoms with Gasteiger partial charge >= 0.3 is 0 Å². The fraction of sp³-hybridized carbons (Fsp3) is 0.316. The molecule has 0 bridgehead atoms. The fourth-order valence-corrected chi connectivity index (χ4v) is 3.01. The molecule has 136 valence electrons. The molecule has 0 fully saturated rings. The molecule has 0 atom stereocenters. The van der Waals surface area contributed by atoms with Crippen molar-refractivity contribution in [3.63, 3.8) is 0 Å². The summed E-state index contributed by atoms with van der Waals surface area (Å²) < 4.78 is 7.37. The van der Waals surface area contributed by atoms with E-state index in [9.17, 15) is 9.59 Å². The molecule has 0 aliphatic rings. The highest BCUT2D eigenvalue weighted by Gasteiger charge is 2.22. The van der Waals surface area contributed by atoms with Gasteiger partial charge in [0.2, 0.25) is 5.91 Å². The molecule has 0 saturated heterocycles. The first-order valence-corrected chi connectivity index (χ1v) is 9.13. The Balaban J connectivity index is 1.83. The van der Waals surface area contributed by atoms with Gasteiger partial charge in [-0.2, -0.15) is 0 Å². The molecule has 7 heteroatoms. The van der Waals surface area contributed by atoms with Gasteiger partial charge in [-0.3, -0.25) is 14.0 Å². The molecule has 0 radical (unpaired) electrons. The Labute approximate surface area is 155 Å². The van der Waals surface area contributed by atoms with E-state index >= 15 is 0 Å². The van der Waals surface area contributed by atoms with Crippen LogP contribution in [0.2, 0.25) is 0 Å². The van der Waals surface area contributed by atoms with Crippen molar-refractivity contribution in [2.75, 3.05) is 5.32 Å². The second kappa shape index (κ2) is 6.92. The van der Waals surface area contributed by atoms with E-state index in [0.717, 1.165) is 5.56 Å². The summed E-state index contributed by atoms with van der Waals surface area (Å²) in [6.45, 7) is 7.65. The number of thiazole rings is 1. The van der Waals surface area contributed by atoms with E-state index in [1.165, 1.54) is 21.8 Å². The zero-order valence-electron chi connectivity index (χ0n) is 15.2. The smallest absolute Gasteiger partial charge is 0.258 e. The molecular formula is C19H21N3O3S. The normalized spacial score (nSPS) is 11.5. The average molecular weight is 371 g/mol. The highest BCUT2D eigenvalue weighted by Crippen LogP contribution is 2.28. The maximum atomic E-state index is 12.3. The molecule has 0 unspecified atom stereocenters. The Morgan fingerprint density at radius 1 is 1.31 bits per heavy atom. The van der Waals surface area contributed by atoms with Crippen LogP contribution in [0.3, 0.4) is 0 Å². The molecule has 3 rings (SSSR count). The third-order valence-electron chi connectivity index (χ3n) is 3.80. The SMILES string of the molecule is Cc1ccc(NC(=O)C(C)(C)C)c(OCc2cc(=O)n3ccsc3n2)c1. The van der Waals surface area contributed by atoms with Crippen molar-refractivity contribution in [1.82, 2.24) is 9.38 Å². The minimum absolute atomic E-state index is 0.0948. The van der Waals surface area contributed by atoms with Crippen molar-refractivity contribution in [3.05, 3.63) is 57.5 Å². The Morgan fingerprint density at radius 2 is 2.08 bits per heavy atom. The number of ether oxygens (including phenoxy) is 1. The predicted octanol–water partition coefficient (Wildman–Crippen LogP) is 3.63. The molecule has 0 spiro atoms. The number of benzene rings is 1. The van der Waals surface area contributed by atoms with Crippen molar-refractivity contribution in [3.8, 4) is 5.75 Å². The number of carbonyl (C=O) groups is 1.